The molecule has 3 rings (SSSR count). The molecule has 1 aliphatic heterocycles. The number of hydrogen-bond donors (Lipinski definition) is 1. The number of carbonyl (C=O) groups is 1. The maximum atomic E-state index is 12.7. The zero-order valence-corrected chi connectivity index (χ0v) is 16.8. The minimum absolute atomic E-state index is 0.00670. The molecule has 0 saturated carbocycles. The van der Waals surface area contributed by atoms with Crippen molar-refractivity contribution in [3.63, 3.8) is 0 Å². The summed E-state index contributed by atoms with van der Waals surface area (Å²) in [5, 5.41) is 1.91. The molecular formula is C19H25NO5S2. The number of hydrogen-bond acceptors (Lipinski definition) is 5. The van der Waals surface area contributed by atoms with Crippen molar-refractivity contribution in [2.75, 3.05) is 18.1 Å². The predicted molar refractivity (Wildman–Crippen MR) is 104 cm³/mol. The van der Waals surface area contributed by atoms with Crippen LogP contribution in [-0.2, 0) is 19.7 Å². The minimum atomic E-state index is -3.77. The van der Waals surface area contributed by atoms with Gasteiger partial charge in [0.05, 0.1) is 21.7 Å². The Morgan fingerprint density at radius 2 is 2.04 bits per heavy atom. The Labute approximate surface area is 160 Å². The average Bonchev–Trinajstić information content (AvgIpc) is 3.03. The van der Waals surface area contributed by atoms with E-state index in [0.29, 0.717) is 6.54 Å². The van der Waals surface area contributed by atoms with E-state index in [1.165, 1.54) is 36.6 Å². The van der Waals surface area contributed by atoms with E-state index in [0.717, 1.165) is 19.3 Å². The first-order chi connectivity index (χ1) is 12.8. The topological polar surface area (TPSA) is 97.4 Å². The van der Waals surface area contributed by atoms with Gasteiger partial charge in [-0.3, -0.25) is 4.79 Å². The van der Waals surface area contributed by atoms with Crippen molar-refractivity contribution < 1.29 is 21.6 Å². The molecule has 0 aromatic heterocycles. The Balaban J connectivity index is 1.66. The molecular weight excluding hydrogens is 386 g/mol. The monoisotopic (exact) mass is 411 g/mol. The smallest absolute Gasteiger partial charge is 0.251 e. The lowest BCUT2D eigenvalue weighted by Crippen LogP contribution is -2.26. The fourth-order valence-electron chi connectivity index (χ4n) is 3.58. The largest absolute Gasteiger partial charge is 0.352 e. The Morgan fingerprint density at radius 1 is 1.22 bits per heavy atom. The molecule has 1 atom stereocenters. The number of carbonyl (C=O) groups excluding carboxylic acids is 1. The Bertz CT molecular complexity index is 948. The summed E-state index contributed by atoms with van der Waals surface area (Å²) in [5.74, 6) is -0.768. The summed E-state index contributed by atoms with van der Waals surface area (Å²) in [5.41, 5.74) is 1.63. The van der Waals surface area contributed by atoms with Crippen LogP contribution in [0.3, 0.4) is 0 Å². The molecule has 0 bridgehead atoms. The number of amides is 1. The molecule has 1 saturated heterocycles. The number of sulfone groups is 2. The van der Waals surface area contributed by atoms with E-state index in [2.05, 4.69) is 11.4 Å². The van der Waals surface area contributed by atoms with Crippen molar-refractivity contribution >= 4 is 25.6 Å². The molecule has 6 nitrogen and oxygen atoms in total. The van der Waals surface area contributed by atoms with Gasteiger partial charge in [0, 0.05) is 12.1 Å². The number of rotatable bonds is 6. The Morgan fingerprint density at radius 3 is 2.70 bits per heavy atom. The molecule has 27 heavy (non-hydrogen) atoms. The zero-order chi connectivity index (χ0) is 19.5. The molecule has 8 heteroatoms. The fourth-order valence-corrected chi connectivity index (χ4v) is 7.99. The van der Waals surface area contributed by atoms with Crippen LogP contribution in [0.1, 0.15) is 48.9 Å². The van der Waals surface area contributed by atoms with Gasteiger partial charge in [-0.05, 0) is 56.7 Å². The lowest BCUT2D eigenvalue weighted by molar-refractivity contribution is 0.0954. The zero-order valence-electron chi connectivity index (χ0n) is 15.2. The van der Waals surface area contributed by atoms with Gasteiger partial charge in [0.15, 0.2) is 19.7 Å². The normalized spacial score (nSPS) is 22.2. The maximum absolute atomic E-state index is 12.7. The van der Waals surface area contributed by atoms with Crippen LogP contribution in [0.5, 0.6) is 0 Å². The van der Waals surface area contributed by atoms with Gasteiger partial charge in [-0.2, -0.15) is 0 Å². The van der Waals surface area contributed by atoms with Gasteiger partial charge >= 0.3 is 0 Å². The summed E-state index contributed by atoms with van der Waals surface area (Å²) in [6.45, 7) is 0.516. The van der Waals surface area contributed by atoms with E-state index in [4.69, 9.17) is 0 Å². The van der Waals surface area contributed by atoms with Crippen molar-refractivity contribution in [2.24, 2.45) is 0 Å². The van der Waals surface area contributed by atoms with E-state index in [-0.39, 0.29) is 34.3 Å². The molecule has 0 unspecified atom stereocenters. The maximum Gasteiger partial charge on any atom is 0.251 e. The van der Waals surface area contributed by atoms with E-state index >= 15 is 0 Å². The standard InChI is InChI=1S/C19H25NO5S2/c21-19(20-11-9-15-5-2-1-3-6-15)16-7-4-8-17(13-16)27(24,25)18-10-12-26(22,23)14-18/h4-5,7-8,13,18H,1-3,6,9-12,14H2,(H,20,21)/t18-/m0/s1. The van der Waals surface area contributed by atoms with Crippen LogP contribution in [0.4, 0.5) is 0 Å². The number of allylic oxidation sites excluding steroid dienone is 1. The highest BCUT2D eigenvalue weighted by atomic mass is 32.2. The van der Waals surface area contributed by atoms with Gasteiger partial charge in [0.1, 0.15) is 0 Å². The molecule has 1 aliphatic carbocycles. The molecule has 1 aromatic carbocycles. The van der Waals surface area contributed by atoms with Gasteiger partial charge in [0.25, 0.3) is 5.91 Å². The Kier molecular flexibility index (Phi) is 6.05. The number of benzene rings is 1. The summed E-state index contributed by atoms with van der Waals surface area (Å²) in [4.78, 5) is 12.4. The van der Waals surface area contributed by atoms with Crippen LogP contribution < -0.4 is 5.32 Å². The van der Waals surface area contributed by atoms with Crippen molar-refractivity contribution in [1.82, 2.24) is 5.32 Å². The molecule has 1 fully saturated rings. The fraction of sp³-hybridized carbons (Fsp3) is 0.526. The van der Waals surface area contributed by atoms with Gasteiger partial charge < -0.3 is 5.32 Å². The van der Waals surface area contributed by atoms with E-state index < -0.39 is 24.9 Å². The SMILES string of the molecule is O=C(NCCC1=CCCCC1)c1cccc(S(=O)(=O)[C@H]2CCS(=O)(=O)C2)c1. The lowest BCUT2D eigenvalue weighted by atomic mass is 9.97. The Hall–Kier alpha value is -1.67. The highest BCUT2D eigenvalue weighted by molar-refractivity contribution is 7.96. The molecule has 0 radical (unpaired) electrons. The highest BCUT2D eigenvalue weighted by Gasteiger charge is 2.38. The van der Waals surface area contributed by atoms with Crippen molar-refractivity contribution in [3.8, 4) is 0 Å². The summed E-state index contributed by atoms with van der Waals surface area (Å²) in [6.07, 6.45) is 7.74. The third-order valence-corrected chi connectivity index (χ3v) is 9.34. The molecule has 0 spiro atoms. The predicted octanol–water partition coefficient (Wildman–Crippen LogP) is 2.27. The third-order valence-electron chi connectivity index (χ3n) is 5.17. The molecule has 1 amide bonds. The molecule has 148 valence electrons. The second-order valence-electron chi connectivity index (χ2n) is 7.21. The van der Waals surface area contributed by atoms with Crippen LogP contribution in [0, 0.1) is 0 Å². The van der Waals surface area contributed by atoms with Gasteiger partial charge in [0.2, 0.25) is 0 Å². The van der Waals surface area contributed by atoms with Crippen LogP contribution in [0.25, 0.3) is 0 Å². The van der Waals surface area contributed by atoms with E-state index in [1.54, 1.807) is 6.07 Å². The van der Waals surface area contributed by atoms with E-state index in [9.17, 15) is 21.6 Å². The summed E-state index contributed by atoms with van der Waals surface area (Å²) >= 11 is 0. The first-order valence-electron chi connectivity index (χ1n) is 9.28. The second-order valence-corrected chi connectivity index (χ2v) is 11.7. The summed E-state index contributed by atoms with van der Waals surface area (Å²) in [7, 11) is -7.07. The van der Waals surface area contributed by atoms with Crippen molar-refractivity contribution in [2.45, 2.75) is 48.7 Å². The van der Waals surface area contributed by atoms with Crippen LogP contribution in [0.2, 0.25) is 0 Å². The van der Waals surface area contributed by atoms with Crippen molar-refractivity contribution in [3.05, 3.63) is 41.5 Å². The number of nitrogens with one attached hydrogen (secondary N) is 1. The first-order valence-corrected chi connectivity index (χ1v) is 12.7. The molecule has 2 aliphatic rings. The van der Waals surface area contributed by atoms with Crippen LogP contribution >= 0.6 is 0 Å². The van der Waals surface area contributed by atoms with Crippen molar-refractivity contribution in [1.29, 1.82) is 0 Å². The quantitative estimate of drug-likeness (QED) is 0.724. The van der Waals surface area contributed by atoms with Crippen LogP contribution in [0.15, 0.2) is 40.8 Å². The average molecular weight is 412 g/mol. The minimum Gasteiger partial charge on any atom is -0.352 e. The van der Waals surface area contributed by atoms with Gasteiger partial charge in [-0.15, -0.1) is 0 Å². The molecule has 1 N–H and O–H groups in total. The van der Waals surface area contributed by atoms with Gasteiger partial charge in [-0.1, -0.05) is 17.7 Å². The molecule has 1 aromatic rings. The van der Waals surface area contributed by atoms with Gasteiger partial charge in [-0.25, -0.2) is 16.8 Å². The summed E-state index contributed by atoms with van der Waals surface area (Å²) in [6, 6.07) is 5.86. The first kappa shape index (κ1) is 20.1. The van der Waals surface area contributed by atoms with E-state index in [1.807, 2.05) is 0 Å². The highest BCUT2D eigenvalue weighted by Crippen LogP contribution is 2.26. The molecule has 1 heterocycles. The summed E-state index contributed by atoms with van der Waals surface area (Å²) < 4.78 is 48.6. The third kappa shape index (κ3) is 4.99. The van der Waals surface area contributed by atoms with Crippen LogP contribution in [-0.4, -0.2) is 46.0 Å². The second kappa shape index (κ2) is 8.14. The lowest BCUT2D eigenvalue weighted by Gasteiger charge is -2.13.